The number of amides is 1. The maximum Gasteiger partial charge on any atom is 0.243 e. The number of thioether (sulfide) groups is 1. The summed E-state index contributed by atoms with van der Waals surface area (Å²) in [5.74, 6) is 7.57. The molecule has 1 aromatic heterocycles. The topological polar surface area (TPSA) is 114 Å². The molecule has 164 valence electrons. The van der Waals surface area contributed by atoms with Crippen molar-refractivity contribution in [2.24, 2.45) is 0 Å². The van der Waals surface area contributed by atoms with Gasteiger partial charge >= 0.3 is 0 Å². The molecule has 9 nitrogen and oxygen atoms in total. The van der Waals surface area contributed by atoms with Gasteiger partial charge in [0.25, 0.3) is 0 Å². The van der Waals surface area contributed by atoms with Crippen LogP contribution in [0.2, 0.25) is 0 Å². The monoisotopic (exact) mass is 452 g/mol. The number of carbonyl (C=O) groups excluding carboxylic acids is 1. The number of carbonyl (C=O) groups is 1. The lowest BCUT2D eigenvalue weighted by atomic mass is 10.2. The van der Waals surface area contributed by atoms with Gasteiger partial charge in [0.2, 0.25) is 21.1 Å². The predicted octanol–water partition coefficient (Wildman–Crippen LogP) is 1.79. The normalized spacial score (nSPS) is 14.8. The van der Waals surface area contributed by atoms with E-state index < -0.39 is 10.0 Å². The van der Waals surface area contributed by atoms with Gasteiger partial charge in [-0.25, -0.2) is 13.1 Å². The van der Waals surface area contributed by atoms with Gasteiger partial charge in [-0.2, -0.15) is 4.31 Å². The van der Waals surface area contributed by atoms with Crippen LogP contribution in [0.5, 0.6) is 0 Å². The Balaban J connectivity index is 1.69. The Bertz CT molecular complexity index is 988. The second-order valence-electron chi connectivity index (χ2n) is 6.98. The maximum absolute atomic E-state index is 12.8. The van der Waals surface area contributed by atoms with Crippen molar-refractivity contribution >= 4 is 27.7 Å². The molecule has 0 unspecified atom stereocenters. The molecule has 2 N–H and O–H groups in total. The molecule has 0 radical (unpaired) electrons. The van der Waals surface area contributed by atoms with Gasteiger partial charge < -0.3 is 10.7 Å². The largest absolute Gasteiger partial charge is 0.343 e. The number of rotatable bonds is 10. The van der Waals surface area contributed by atoms with Crippen LogP contribution in [0, 0.1) is 0 Å². The van der Waals surface area contributed by atoms with Gasteiger partial charge in [0.15, 0.2) is 5.82 Å². The standard InChI is InChI=1S/C19H28N6O3S2/c1-3-24(4-2)30(27,28)16-9-5-8-15(14-16)18-21-22-19(25(18)20)29-13-7-12-23-11-6-10-17(23)26/h5,8-9,14H,3-4,6-7,10-13,20H2,1-2H3. The Morgan fingerprint density at radius 2 is 2.00 bits per heavy atom. The molecule has 0 aliphatic carbocycles. The van der Waals surface area contributed by atoms with Gasteiger partial charge in [-0.05, 0) is 25.0 Å². The summed E-state index contributed by atoms with van der Waals surface area (Å²) < 4.78 is 28.4. The zero-order valence-corrected chi connectivity index (χ0v) is 19.0. The average Bonchev–Trinajstić information content (AvgIpc) is 3.31. The summed E-state index contributed by atoms with van der Waals surface area (Å²) in [5, 5.41) is 8.85. The first-order valence-corrected chi connectivity index (χ1v) is 12.5. The molecule has 0 spiro atoms. The Morgan fingerprint density at radius 3 is 2.67 bits per heavy atom. The third kappa shape index (κ3) is 4.79. The van der Waals surface area contributed by atoms with Crippen molar-refractivity contribution in [3.8, 4) is 11.4 Å². The lowest BCUT2D eigenvalue weighted by Crippen LogP contribution is -2.30. The van der Waals surface area contributed by atoms with Gasteiger partial charge in [-0.15, -0.1) is 10.2 Å². The van der Waals surface area contributed by atoms with Gasteiger partial charge in [-0.3, -0.25) is 4.79 Å². The summed E-state index contributed by atoms with van der Waals surface area (Å²) in [5.41, 5.74) is 0.591. The third-order valence-corrected chi connectivity index (χ3v) is 8.15. The second-order valence-corrected chi connectivity index (χ2v) is 9.98. The van der Waals surface area contributed by atoms with Crippen LogP contribution in [0.15, 0.2) is 34.3 Å². The van der Waals surface area contributed by atoms with Gasteiger partial charge in [0.05, 0.1) is 4.90 Å². The van der Waals surface area contributed by atoms with Crippen LogP contribution in [-0.4, -0.2) is 70.3 Å². The highest BCUT2D eigenvalue weighted by molar-refractivity contribution is 7.99. The van der Waals surface area contributed by atoms with Crippen LogP contribution in [-0.2, 0) is 14.8 Å². The molecule has 2 heterocycles. The molecule has 1 fully saturated rings. The smallest absolute Gasteiger partial charge is 0.243 e. The Hall–Kier alpha value is -2.11. The van der Waals surface area contributed by atoms with Crippen LogP contribution in [0.1, 0.15) is 33.1 Å². The maximum atomic E-state index is 12.8. The van der Waals surface area contributed by atoms with Crippen molar-refractivity contribution in [2.75, 3.05) is 37.8 Å². The van der Waals surface area contributed by atoms with Gasteiger partial charge in [0.1, 0.15) is 0 Å². The van der Waals surface area contributed by atoms with E-state index in [-0.39, 0.29) is 10.8 Å². The van der Waals surface area contributed by atoms with Crippen LogP contribution in [0.25, 0.3) is 11.4 Å². The fourth-order valence-electron chi connectivity index (χ4n) is 3.44. The molecule has 3 rings (SSSR count). The lowest BCUT2D eigenvalue weighted by Gasteiger charge is -2.18. The fourth-order valence-corrected chi connectivity index (χ4v) is 5.72. The highest BCUT2D eigenvalue weighted by Crippen LogP contribution is 2.25. The number of benzene rings is 1. The number of sulfonamides is 1. The quantitative estimate of drug-likeness (QED) is 0.332. The van der Waals surface area contributed by atoms with E-state index >= 15 is 0 Å². The predicted molar refractivity (Wildman–Crippen MR) is 117 cm³/mol. The Kier molecular flexibility index (Phi) is 7.37. The van der Waals surface area contributed by atoms with Crippen LogP contribution < -0.4 is 5.84 Å². The first-order valence-electron chi connectivity index (χ1n) is 10.1. The second kappa shape index (κ2) is 9.80. The minimum absolute atomic E-state index is 0.205. The van der Waals surface area contributed by atoms with E-state index in [0.717, 1.165) is 31.7 Å². The average molecular weight is 453 g/mol. The van der Waals surface area contributed by atoms with Crippen molar-refractivity contribution in [3.05, 3.63) is 24.3 Å². The summed E-state index contributed by atoms with van der Waals surface area (Å²) in [6.45, 7) is 6.01. The first-order chi connectivity index (χ1) is 14.4. The highest BCUT2D eigenvalue weighted by Gasteiger charge is 2.23. The molecule has 0 atom stereocenters. The molecule has 30 heavy (non-hydrogen) atoms. The third-order valence-electron chi connectivity index (χ3n) is 5.07. The molecule has 0 saturated carbocycles. The summed E-state index contributed by atoms with van der Waals surface area (Å²) in [4.78, 5) is 13.8. The summed E-state index contributed by atoms with van der Waals surface area (Å²) in [6, 6.07) is 6.60. The number of hydrogen-bond acceptors (Lipinski definition) is 7. The van der Waals surface area contributed by atoms with Crippen LogP contribution in [0.3, 0.4) is 0 Å². The molecule has 11 heteroatoms. The molecular formula is C19H28N6O3S2. The van der Waals surface area contributed by atoms with Crippen LogP contribution in [0.4, 0.5) is 0 Å². The fraction of sp³-hybridized carbons (Fsp3) is 0.526. The van der Waals surface area contributed by atoms with Crippen molar-refractivity contribution in [2.45, 2.75) is 43.2 Å². The van der Waals surface area contributed by atoms with Gasteiger partial charge in [0, 0.05) is 43.9 Å². The lowest BCUT2D eigenvalue weighted by molar-refractivity contribution is -0.127. The molecule has 1 aliphatic heterocycles. The molecule has 1 amide bonds. The Morgan fingerprint density at radius 1 is 1.23 bits per heavy atom. The Labute approximate surface area is 181 Å². The molecular weight excluding hydrogens is 424 g/mol. The van der Waals surface area contributed by atoms with E-state index in [2.05, 4.69) is 10.2 Å². The minimum atomic E-state index is -3.57. The van der Waals surface area contributed by atoms with Crippen molar-refractivity contribution < 1.29 is 13.2 Å². The van der Waals surface area contributed by atoms with Crippen molar-refractivity contribution in [1.29, 1.82) is 0 Å². The zero-order chi connectivity index (χ0) is 21.7. The molecule has 1 aromatic carbocycles. The molecule has 1 aliphatic rings. The van der Waals surface area contributed by atoms with E-state index in [9.17, 15) is 13.2 Å². The number of nitrogens with two attached hydrogens (primary N) is 1. The number of aromatic nitrogens is 3. The summed E-state index contributed by atoms with van der Waals surface area (Å²) >= 11 is 1.47. The van der Waals surface area contributed by atoms with Crippen molar-refractivity contribution in [1.82, 2.24) is 24.1 Å². The number of likely N-dealkylation sites (tertiary alicyclic amines) is 1. The number of hydrogen-bond donors (Lipinski definition) is 1. The van der Waals surface area contributed by atoms with Crippen LogP contribution >= 0.6 is 11.8 Å². The van der Waals surface area contributed by atoms with E-state index in [0.29, 0.717) is 36.1 Å². The van der Waals surface area contributed by atoms with E-state index in [1.165, 1.54) is 20.7 Å². The molecule has 0 bridgehead atoms. The van der Waals surface area contributed by atoms with Crippen molar-refractivity contribution in [3.63, 3.8) is 0 Å². The summed E-state index contributed by atoms with van der Waals surface area (Å²) in [7, 11) is -3.57. The number of nitrogen functional groups attached to an aromatic ring is 1. The summed E-state index contributed by atoms with van der Waals surface area (Å²) in [6.07, 6.45) is 2.43. The molecule has 2 aromatic rings. The zero-order valence-electron chi connectivity index (χ0n) is 17.3. The van der Waals surface area contributed by atoms with Gasteiger partial charge in [-0.1, -0.05) is 37.7 Å². The molecule has 1 saturated heterocycles. The van der Waals surface area contributed by atoms with E-state index in [1.54, 1.807) is 24.3 Å². The van der Waals surface area contributed by atoms with E-state index in [1.807, 2.05) is 18.7 Å². The minimum Gasteiger partial charge on any atom is -0.343 e. The SMILES string of the molecule is CCN(CC)S(=O)(=O)c1cccc(-c2nnc(SCCCN3CCCC3=O)n2N)c1. The first kappa shape index (κ1) is 22.6. The number of nitrogens with zero attached hydrogens (tertiary/aromatic N) is 5. The van der Waals surface area contributed by atoms with E-state index in [4.69, 9.17) is 5.84 Å². The highest BCUT2D eigenvalue weighted by atomic mass is 32.2.